The molecule has 0 fully saturated rings. The molecule has 168 valence electrons. The Labute approximate surface area is 191 Å². The zero-order valence-electron chi connectivity index (χ0n) is 18.7. The summed E-state index contributed by atoms with van der Waals surface area (Å²) < 4.78 is 5.55. The van der Waals surface area contributed by atoms with Gasteiger partial charge in [0.1, 0.15) is 5.69 Å². The number of nitrogen functional groups attached to an aromatic ring is 1. The molecule has 9 nitrogen and oxygen atoms in total. The number of amides is 1. The molecule has 0 aliphatic heterocycles. The predicted octanol–water partition coefficient (Wildman–Crippen LogP) is 2.93. The van der Waals surface area contributed by atoms with E-state index in [9.17, 15) is 4.79 Å². The van der Waals surface area contributed by atoms with Gasteiger partial charge in [-0.3, -0.25) is 9.78 Å². The number of carbonyl (C=O) groups excluding carboxylic acids is 1. The van der Waals surface area contributed by atoms with Gasteiger partial charge in [0, 0.05) is 29.9 Å². The van der Waals surface area contributed by atoms with Crippen molar-refractivity contribution in [2.45, 2.75) is 25.8 Å². The molecule has 1 aromatic carbocycles. The number of nitrogens with two attached hydrogens (primary N) is 2. The first-order valence-corrected chi connectivity index (χ1v) is 10.4. The predicted molar refractivity (Wildman–Crippen MR) is 126 cm³/mol. The number of primary amides is 1. The molecule has 3 aromatic heterocycles. The maximum absolute atomic E-state index is 11.8. The molecule has 0 saturated carbocycles. The quantitative estimate of drug-likeness (QED) is 0.395. The second-order valence-corrected chi connectivity index (χ2v) is 8.21. The second-order valence-electron chi connectivity index (χ2n) is 8.21. The molecule has 1 amide bonds. The minimum Gasteiger partial charge on any atom is -0.382 e. The highest BCUT2D eigenvalue weighted by molar-refractivity contribution is 5.85. The number of hydrogen-bond donors (Lipinski definition) is 3. The summed E-state index contributed by atoms with van der Waals surface area (Å²) in [6.07, 6.45) is 3.17. The second kappa shape index (κ2) is 8.79. The first-order valence-electron chi connectivity index (χ1n) is 10.4. The number of nitrogens with one attached hydrogen (secondary N) is 1. The number of carbonyl (C=O) groups is 1. The first kappa shape index (κ1) is 22.1. The van der Waals surface area contributed by atoms with Crippen LogP contribution in [0.5, 0.6) is 0 Å². The molecule has 4 aromatic rings. The molecule has 0 spiro atoms. The van der Waals surface area contributed by atoms with E-state index in [4.69, 9.17) is 16.0 Å². The highest BCUT2D eigenvalue weighted by atomic mass is 16.5. The molecule has 0 unspecified atom stereocenters. The molecule has 0 saturated heterocycles. The van der Waals surface area contributed by atoms with Crippen molar-refractivity contribution < 1.29 is 9.32 Å². The lowest BCUT2D eigenvalue weighted by molar-refractivity contribution is -0.122. The van der Waals surface area contributed by atoms with Crippen molar-refractivity contribution in [1.82, 2.24) is 25.4 Å². The van der Waals surface area contributed by atoms with E-state index in [1.54, 1.807) is 44.4 Å². The Bertz CT molecular complexity index is 1300. The fourth-order valence-electron chi connectivity index (χ4n) is 3.30. The van der Waals surface area contributed by atoms with E-state index >= 15 is 0 Å². The Morgan fingerprint density at radius 3 is 2.52 bits per heavy atom. The van der Waals surface area contributed by atoms with Gasteiger partial charge < -0.3 is 21.3 Å². The van der Waals surface area contributed by atoms with Crippen molar-refractivity contribution in [3.8, 4) is 34.0 Å². The molecular weight excluding hydrogens is 418 g/mol. The molecule has 0 aliphatic carbocycles. The van der Waals surface area contributed by atoms with Crippen molar-refractivity contribution in [3.63, 3.8) is 0 Å². The molecule has 9 heteroatoms. The van der Waals surface area contributed by atoms with Gasteiger partial charge in [-0.05, 0) is 38.6 Å². The topological polar surface area (TPSA) is 146 Å². The van der Waals surface area contributed by atoms with Crippen molar-refractivity contribution >= 4 is 11.7 Å². The van der Waals surface area contributed by atoms with Crippen LogP contribution in [-0.2, 0) is 16.8 Å². The lowest BCUT2D eigenvalue weighted by atomic mass is 9.87. The average Bonchev–Trinajstić information content (AvgIpc) is 3.30. The van der Waals surface area contributed by atoms with Crippen LogP contribution in [0.2, 0.25) is 0 Å². The van der Waals surface area contributed by atoms with E-state index in [0.29, 0.717) is 28.5 Å². The van der Waals surface area contributed by atoms with Gasteiger partial charge >= 0.3 is 0 Å². The van der Waals surface area contributed by atoms with Crippen LogP contribution >= 0.6 is 0 Å². The van der Waals surface area contributed by atoms with Crippen molar-refractivity contribution in [2.75, 3.05) is 12.8 Å². The van der Waals surface area contributed by atoms with Crippen LogP contribution in [0.25, 0.3) is 34.0 Å². The first-order chi connectivity index (χ1) is 15.8. The number of benzene rings is 1. The van der Waals surface area contributed by atoms with Crippen LogP contribution < -0.4 is 16.8 Å². The number of aromatic nitrogens is 4. The minimum absolute atomic E-state index is 0.220. The van der Waals surface area contributed by atoms with Crippen LogP contribution in [0.15, 0.2) is 59.4 Å². The smallest absolute Gasteiger partial charge is 0.229 e. The van der Waals surface area contributed by atoms with Gasteiger partial charge in [0.2, 0.25) is 5.91 Å². The van der Waals surface area contributed by atoms with E-state index in [0.717, 1.165) is 17.7 Å². The van der Waals surface area contributed by atoms with Crippen LogP contribution in [0, 0.1) is 0 Å². The van der Waals surface area contributed by atoms with Gasteiger partial charge in [-0.2, -0.15) is 0 Å². The largest absolute Gasteiger partial charge is 0.382 e. The number of rotatable bonds is 7. The maximum Gasteiger partial charge on any atom is 0.229 e. The molecule has 0 radical (unpaired) electrons. The summed E-state index contributed by atoms with van der Waals surface area (Å²) in [5.74, 6) is 0.157. The summed E-state index contributed by atoms with van der Waals surface area (Å²) >= 11 is 0. The minimum atomic E-state index is -0.928. The van der Waals surface area contributed by atoms with Crippen molar-refractivity contribution in [2.24, 2.45) is 5.73 Å². The third kappa shape index (κ3) is 4.44. The summed E-state index contributed by atoms with van der Waals surface area (Å²) in [5, 5.41) is 7.29. The standard InChI is InChI=1S/C24H25N7O2/c1-24(2,23(26)32)20-10-16(8-9-28-20)18-13-29-22(25)21(30-18)19-11-17(31-33-19)15-6-4-14(5-7-15)12-27-3/h4-11,13,27H,12H2,1-3H3,(H2,25,29)(H2,26,32). The molecule has 3 heterocycles. The average molecular weight is 444 g/mol. The van der Waals surface area contributed by atoms with Gasteiger partial charge in [-0.1, -0.05) is 29.4 Å². The van der Waals surface area contributed by atoms with Crippen LogP contribution in [0.3, 0.4) is 0 Å². The SMILES string of the molecule is CNCc1ccc(-c2cc(-c3nc(-c4ccnc(C(C)(C)C(N)=O)c4)cnc3N)on2)cc1. The van der Waals surface area contributed by atoms with E-state index < -0.39 is 11.3 Å². The molecular formula is C24H25N7O2. The molecule has 5 N–H and O–H groups in total. The van der Waals surface area contributed by atoms with Crippen LogP contribution in [0.4, 0.5) is 5.82 Å². The van der Waals surface area contributed by atoms with Crippen LogP contribution in [0.1, 0.15) is 25.1 Å². The van der Waals surface area contributed by atoms with Crippen LogP contribution in [-0.4, -0.2) is 33.1 Å². The maximum atomic E-state index is 11.8. The Hall–Kier alpha value is -4.11. The van der Waals surface area contributed by atoms with Gasteiger partial charge in [-0.15, -0.1) is 0 Å². The zero-order valence-corrected chi connectivity index (χ0v) is 18.7. The summed E-state index contributed by atoms with van der Waals surface area (Å²) in [7, 11) is 1.91. The van der Waals surface area contributed by atoms with Gasteiger partial charge in [0.25, 0.3) is 0 Å². The van der Waals surface area contributed by atoms with Crippen molar-refractivity contribution in [1.29, 1.82) is 0 Å². The van der Waals surface area contributed by atoms with E-state index in [1.165, 1.54) is 5.56 Å². The highest BCUT2D eigenvalue weighted by Crippen LogP contribution is 2.31. The molecule has 33 heavy (non-hydrogen) atoms. The molecule has 0 aliphatic rings. The number of nitrogens with zero attached hydrogens (tertiary/aromatic N) is 4. The third-order valence-corrected chi connectivity index (χ3v) is 5.49. The number of hydrogen-bond acceptors (Lipinski definition) is 8. The van der Waals surface area contributed by atoms with E-state index in [2.05, 4.69) is 25.4 Å². The Balaban J connectivity index is 1.67. The Kier molecular flexibility index (Phi) is 5.89. The lowest BCUT2D eigenvalue weighted by Gasteiger charge is -2.20. The Morgan fingerprint density at radius 1 is 1.06 bits per heavy atom. The molecule has 0 atom stereocenters. The highest BCUT2D eigenvalue weighted by Gasteiger charge is 2.29. The monoisotopic (exact) mass is 443 g/mol. The fraction of sp³-hybridized carbons (Fsp3) is 0.208. The summed E-state index contributed by atoms with van der Waals surface area (Å²) in [4.78, 5) is 25.1. The number of pyridine rings is 1. The summed E-state index contributed by atoms with van der Waals surface area (Å²) in [6.45, 7) is 4.24. The third-order valence-electron chi connectivity index (χ3n) is 5.49. The summed E-state index contributed by atoms with van der Waals surface area (Å²) in [5.41, 5.74) is 15.7. The Morgan fingerprint density at radius 2 is 1.82 bits per heavy atom. The molecule has 4 rings (SSSR count). The molecule has 0 bridgehead atoms. The van der Waals surface area contributed by atoms with Gasteiger partial charge in [-0.25, -0.2) is 9.97 Å². The fourth-order valence-corrected chi connectivity index (χ4v) is 3.30. The summed E-state index contributed by atoms with van der Waals surface area (Å²) in [6, 6.07) is 13.4. The zero-order chi connectivity index (χ0) is 23.6. The van der Waals surface area contributed by atoms with E-state index in [1.807, 2.05) is 31.3 Å². The van der Waals surface area contributed by atoms with Gasteiger partial charge in [0.05, 0.1) is 23.0 Å². The van der Waals surface area contributed by atoms with Gasteiger partial charge in [0.15, 0.2) is 17.3 Å². The normalized spacial score (nSPS) is 11.5. The lowest BCUT2D eigenvalue weighted by Crippen LogP contribution is -2.36. The number of anilines is 1. The van der Waals surface area contributed by atoms with E-state index in [-0.39, 0.29) is 5.82 Å². The van der Waals surface area contributed by atoms with Crippen molar-refractivity contribution in [3.05, 3.63) is 66.1 Å².